The zero-order valence-corrected chi connectivity index (χ0v) is 19.2. The first-order valence-corrected chi connectivity index (χ1v) is 11.2. The fourth-order valence-electron chi connectivity index (χ4n) is 4.04. The molecule has 1 aliphatic heterocycles. The predicted molar refractivity (Wildman–Crippen MR) is 124 cm³/mol. The van der Waals surface area contributed by atoms with Gasteiger partial charge in [-0.25, -0.2) is 8.78 Å². The van der Waals surface area contributed by atoms with Crippen molar-refractivity contribution in [2.24, 2.45) is 0 Å². The maximum Gasteiger partial charge on any atom is 0.254 e. The van der Waals surface area contributed by atoms with Gasteiger partial charge in [-0.1, -0.05) is 30.4 Å². The van der Waals surface area contributed by atoms with Crippen molar-refractivity contribution in [3.05, 3.63) is 83.0 Å². The first-order valence-electron chi connectivity index (χ1n) is 11.2. The summed E-state index contributed by atoms with van der Waals surface area (Å²) < 4.78 is 34.8. The number of hydrogen-bond acceptors (Lipinski definition) is 5. The lowest BCUT2D eigenvalue weighted by molar-refractivity contribution is 0.0933. The van der Waals surface area contributed by atoms with Crippen LogP contribution in [0.3, 0.4) is 0 Å². The second-order valence-electron chi connectivity index (χ2n) is 8.14. The molecule has 0 saturated heterocycles. The largest absolute Gasteiger partial charge is 0.496 e. The van der Waals surface area contributed by atoms with Gasteiger partial charge in [0, 0.05) is 38.2 Å². The number of methoxy groups -OCH3 is 1. The SMILES string of the molecule is COc1ccccc1/C=C/CN1CCc2nnc([C@H](C)NC(=O)c3cc(F)ccc3F)n2CC1. The molecule has 0 spiro atoms. The average Bonchev–Trinajstić information content (AvgIpc) is 3.14. The number of nitrogens with one attached hydrogen (secondary N) is 1. The van der Waals surface area contributed by atoms with E-state index in [2.05, 4.69) is 32.6 Å². The van der Waals surface area contributed by atoms with Crippen LogP contribution in [0.25, 0.3) is 6.08 Å². The molecule has 7 nitrogen and oxygen atoms in total. The number of amides is 1. The number of benzene rings is 2. The summed E-state index contributed by atoms with van der Waals surface area (Å²) in [6.45, 7) is 4.80. The quantitative estimate of drug-likeness (QED) is 0.575. The van der Waals surface area contributed by atoms with E-state index in [1.807, 2.05) is 28.8 Å². The predicted octanol–water partition coefficient (Wildman–Crippen LogP) is 3.63. The van der Waals surface area contributed by atoms with E-state index in [9.17, 15) is 13.6 Å². The van der Waals surface area contributed by atoms with Gasteiger partial charge < -0.3 is 14.6 Å². The van der Waals surface area contributed by atoms with Gasteiger partial charge in [0.1, 0.15) is 23.2 Å². The Bertz CT molecular complexity index is 1190. The summed E-state index contributed by atoms with van der Waals surface area (Å²) >= 11 is 0. The van der Waals surface area contributed by atoms with E-state index in [0.717, 1.165) is 55.0 Å². The van der Waals surface area contributed by atoms with Gasteiger partial charge in [0.2, 0.25) is 0 Å². The van der Waals surface area contributed by atoms with Crippen LogP contribution in [0.15, 0.2) is 48.5 Å². The number of aromatic nitrogens is 3. The van der Waals surface area contributed by atoms with Gasteiger partial charge >= 0.3 is 0 Å². The van der Waals surface area contributed by atoms with Crippen LogP contribution in [0.2, 0.25) is 0 Å². The molecule has 2 aromatic carbocycles. The fraction of sp³-hybridized carbons (Fsp3) is 0.320. The first kappa shape index (κ1) is 23.6. The normalized spacial score (nSPS) is 15.1. The highest BCUT2D eigenvalue weighted by molar-refractivity contribution is 5.94. The molecule has 1 amide bonds. The number of para-hydroxylation sites is 1. The first-order chi connectivity index (χ1) is 16.5. The molecular weight excluding hydrogens is 440 g/mol. The highest BCUT2D eigenvalue weighted by Crippen LogP contribution is 2.20. The lowest BCUT2D eigenvalue weighted by atomic mass is 10.1. The molecule has 4 rings (SSSR count). The van der Waals surface area contributed by atoms with Gasteiger partial charge in [0.05, 0.1) is 18.7 Å². The number of carbonyl (C=O) groups excluding carboxylic acids is 1. The third kappa shape index (κ3) is 5.31. The average molecular weight is 468 g/mol. The molecule has 1 atom stereocenters. The van der Waals surface area contributed by atoms with Gasteiger partial charge in [-0.3, -0.25) is 9.69 Å². The van der Waals surface area contributed by atoms with Crippen molar-refractivity contribution in [1.82, 2.24) is 25.0 Å². The lowest BCUT2D eigenvalue weighted by Gasteiger charge is -2.18. The second-order valence-corrected chi connectivity index (χ2v) is 8.14. The Morgan fingerprint density at radius 2 is 2.00 bits per heavy atom. The molecule has 0 radical (unpaired) electrons. The number of halogens is 2. The Kier molecular flexibility index (Phi) is 7.32. The second kappa shape index (κ2) is 10.6. The van der Waals surface area contributed by atoms with Gasteiger partial charge in [-0.05, 0) is 31.2 Å². The Morgan fingerprint density at radius 1 is 1.18 bits per heavy atom. The monoisotopic (exact) mass is 467 g/mol. The smallest absolute Gasteiger partial charge is 0.254 e. The van der Waals surface area contributed by atoms with Crippen molar-refractivity contribution in [2.45, 2.75) is 25.9 Å². The molecule has 0 fully saturated rings. The number of rotatable bonds is 7. The van der Waals surface area contributed by atoms with Gasteiger partial charge in [0.25, 0.3) is 5.91 Å². The third-order valence-electron chi connectivity index (χ3n) is 5.86. The molecule has 9 heteroatoms. The van der Waals surface area contributed by atoms with Crippen LogP contribution in [0.1, 0.15) is 40.5 Å². The van der Waals surface area contributed by atoms with Crippen LogP contribution in [-0.2, 0) is 13.0 Å². The maximum atomic E-state index is 14.0. The zero-order valence-electron chi connectivity index (χ0n) is 19.2. The Hall–Kier alpha value is -3.59. The molecule has 0 aliphatic carbocycles. The minimum absolute atomic E-state index is 0.338. The van der Waals surface area contributed by atoms with E-state index in [1.165, 1.54) is 0 Å². The van der Waals surface area contributed by atoms with E-state index < -0.39 is 23.6 Å². The zero-order chi connectivity index (χ0) is 24.1. The van der Waals surface area contributed by atoms with Crippen LogP contribution in [0, 0.1) is 11.6 Å². The summed E-state index contributed by atoms with van der Waals surface area (Å²) in [6, 6.07) is 10.1. The minimum atomic E-state index is -0.775. The van der Waals surface area contributed by atoms with Crippen LogP contribution in [0.4, 0.5) is 8.78 Å². The van der Waals surface area contributed by atoms with Crippen molar-refractivity contribution in [3.8, 4) is 5.75 Å². The van der Waals surface area contributed by atoms with E-state index in [-0.39, 0.29) is 5.56 Å². The summed E-state index contributed by atoms with van der Waals surface area (Å²) in [4.78, 5) is 14.8. The van der Waals surface area contributed by atoms with Gasteiger partial charge in [0.15, 0.2) is 5.82 Å². The molecule has 34 heavy (non-hydrogen) atoms. The van der Waals surface area contributed by atoms with E-state index in [4.69, 9.17) is 4.74 Å². The van der Waals surface area contributed by atoms with E-state index >= 15 is 0 Å². The summed E-state index contributed by atoms with van der Waals surface area (Å²) in [5.74, 6) is 0.118. The van der Waals surface area contributed by atoms with Gasteiger partial charge in [-0.15, -0.1) is 10.2 Å². The minimum Gasteiger partial charge on any atom is -0.496 e. The highest BCUT2D eigenvalue weighted by Gasteiger charge is 2.23. The molecule has 0 unspecified atom stereocenters. The molecule has 2 heterocycles. The van der Waals surface area contributed by atoms with Crippen molar-refractivity contribution in [3.63, 3.8) is 0 Å². The number of carbonyl (C=O) groups is 1. The van der Waals surface area contributed by atoms with Crippen LogP contribution in [0.5, 0.6) is 5.75 Å². The highest BCUT2D eigenvalue weighted by atomic mass is 19.1. The van der Waals surface area contributed by atoms with Crippen molar-refractivity contribution in [1.29, 1.82) is 0 Å². The maximum absolute atomic E-state index is 14.0. The van der Waals surface area contributed by atoms with Gasteiger partial charge in [-0.2, -0.15) is 0 Å². The molecule has 1 aromatic heterocycles. The molecule has 178 valence electrons. The molecule has 0 bridgehead atoms. The van der Waals surface area contributed by atoms with Crippen molar-refractivity contribution in [2.75, 3.05) is 26.7 Å². The number of nitrogens with zero attached hydrogens (tertiary/aromatic N) is 4. The Labute approximate surface area is 197 Å². The fourth-order valence-corrected chi connectivity index (χ4v) is 4.04. The number of fused-ring (bicyclic) bond motifs is 1. The number of hydrogen-bond donors (Lipinski definition) is 1. The summed E-state index contributed by atoms with van der Waals surface area (Å²) in [7, 11) is 1.66. The Morgan fingerprint density at radius 3 is 2.82 bits per heavy atom. The molecular formula is C25H27F2N5O2. The van der Waals surface area contributed by atoms with E-state index in [0.29, 0.717) is 18.8 Å². The van der Waals surface area contributed by atoms with Crippen molar-refractivity contribution >= 4 is 12.0 Å². The third-order valence-corrected chi connectivity index (χ3v) is 5.86. The standard InChI is InChI=1S/C25H27F2N5O2/c1-17(28-25(33)20-16-19(26)9-10-21(20)27)24-30-29-23-11-13-31(14-15-32(23)24)12-5-7-18-6-3-4-8-22(18)34-2/h3-10,16-17H,11-15H2,1-2H3,(H,28,33)/b7-5+/t17-/m0/s1. The lowest BCUT2D eigenvalue weighted by Crippen LogP contribution is -2.31. The molecule has 1 aliphatic rings. The van der Waals surface area contributed by atoms with Crippen molar-refractivity contribution < 1.29 is 18.3 Å². The van der Waals surface area contributed by atoms with Crippen LogP contribution >= 0.6 is 0 Å². The van der Waals surface area contributed by atoms with Crippen LogP contribution in [-0.4, -0.2) is 52.3 Å². The summed E-state index contributed by atoms with van der Waals surface area (Å²) in [5.41, 5.74) is 0.689. The molecule has 0 saturated carbocycles. The van der Waals surface area contributed by atoms with Crippen LogP contribution < -0.4 is 10.1 Å². The summed E-state index contributed by atoms with van der Waals surface area (Å²) in [5, 5.41) is 11.3. The Balaban J connectivity index is 1.38. The molecule has 3 aromatic rings. The van der Waals surface area contributed by atoms with E-state index in [1.54, 1.807) is 14.0 Å². The molecule has 1 N–H and O–H groups in total. The number of ether oxygens (including phenoxy) is 1. The summed E-state index contributed by atoms with van der Waals surface area (Å²) in [6.07, 6.45) is 4.88. The topological polar surface area (TPSA) is 72.3 Å².